The largest absolute Gasteiger partial charge is 0.494 e. The van der Waals surface area contributed by atoms with Gasteiger partial charge in [0.25, 0.3) is 0 Å². The minimum absolute atomic E-state index is 0.0215. The number of hydrogen-bond acceptors (Lipinski definition) is 5. The van der Waals surface area contributed by atoms with E-state index in [0.29, 0.717) is 39.0 Å². The maximum absolute atomic E-state index is 12.5. The molecule has 9 heteroatoms. The molecule has 1 N–H and O–H groups in total. The first kappa shape index (κ1) is 18.7. The molecule has 2 heterocycles. The van der Waals surface area contributed by atoms with E-state index in [2.05, 4.69) is 5.32 Å². The van der Waals surface area contributed by atoms with Crippen LogP contribution in [0.25, 0.3) is 0 Å². The molecule has 8 nitrogen and oxygen atoms in total. The highest BCUT2D eigenvalue weighted by atomic mass is 32.2. The van der Waals surface area contributed by atoms with Crippen LogP contribution in [0, 0.1) is 0 Å². The minimum Gasteiger partial charge on any atom is -0.494 e. The molecule has 0 spiro atoms. The average Bonchev–Trinajstić information content (AvgIpc) is 2.98. The maximum atomic E-state index is 12.5. The Hall–Kier alpha value is -2.13. The van der Waals surface area contributed by atoms with Crippen LogP contribution in [0.15, 0.2) is 30.3 Å². The summed E-state index contributed by atoms with van der Waals surface area (Å²) in [5.41, 5.74) is 0. The standard InChI is InChI=1S/C17H23N3O5S/c21-16-13-18-17(22)20(16)14-7-9-19(10-8-14)26(23,24)12-4-11-25-15-5-2-1-3-6-15/h1-3,5-6,14H,4,7-13H2,(H,18,22). The molecule has 0 atom stereocenters. The van der Waals surface area contributed by atoms with E-state index < -0.39 is 10.0 Å². The maximum Gasteiger partial charge on any atom is 0.324 e. The Morgan fingerprint density at radius 3 is 2.42 bits per heavy atom. The summed E-state index contributed by atoms with van der Waals surface area (Å²) in [6, 6.07) is 8.67. The van der Waals surface area contributed by atoms with Gasteiger partial charge in [-0.3, -0.25) is 9.69 Å². The molecule has 0 unspecified atom stereocenters. The van der Waals surface area contributed by atoms with Gasteiger partial charge < -0.3 is 10.1 Å². The number of rotatable bonds is 7. The Bertz CT molecular complexity index is 729. The van der Waals surface area contributed by atoms with Crippen molar-refractivity contribution >= 4 is 22.0 Å². The first-order chi connectivity index (χ1) is 12.5. The van der Waals surface area contributed by atoms with Crippen molar-refractivity contribution in [1.29, 1.82) is 0 Å². The van der Waals surface area contributed by atoms with Gasteiger partial charge in [0.15, 0.2) is 0 Å². The van der Waals surface area contributed by atoms with Crippen molar-refractivity contribution < 1.29 is 22.7 Å². The fourth-order valence-corrected chi connectivity index (χ4v) is 4.77. The lowest BCUT2D eigenvalue weighted by Crippen LogP contribution is -2.49. The Morgan fingerprint density at radius 2 is 1.81 bits per heavy atom. The van der Waals surface area contributed by atoms with Crippen molar-refractivity contribution in [3.05, 3.63) is 30.3 Å². The van der Waals surface area contributed by atoms with Crippen LogP contribution in [0.3, 0.4) is 0 Å². The normalized spacial score (nSPS) is 19.6. The molecule has 2 aliphatic heterocycles. The molecule has 0 bridgehead atoms. The zero-order valence-electron chi connectivity index (χ0n) is 14.5. The van der Waals surface area contributed by atoms with E-state index in [4.69, 9.17) is 4.74 Å². The molecule has 0 radical (unpaired) electrons. The molecule has 0 aromatic heterocycles. The Balaban J connectivity index is 1.44. The number of benzene rings is 1. The predicted molar refractivity (Wildman–Crippen MR) is 95.2 cm³/mol. The van der Waals surface area contributed by atoms with Gasteiger partial charge in [-0.25, -0.2) is 17.5 Å². The summed E-state index contributed by atoms with van der Waals surface area (Å²) in [6.07, 6.45) is 1.35. The van der Waals surface area contributed by atoms with E-state index in [-0.39, 0.29) is 30.3 Å². The van der Waals surface area contributed by atoms with Crippen LogP contribution in [0.4, 0.5) is 4.79 Å². The molecule has 0 aliphatic carbocycles. The molecular weight excluding hydrogens is 358 g/mol. The predicted octanol–water partition coefficient (Wildman–Crippen LogP) is 0.802. The van der Waals surface area contributed by atoms with Crippen LogP contribution in [0.5, 0.6) is 5.75 Å². The smallest absolute Gasteiger partial charge is 0.324 e. The first-order valence-corrected chi connectivity index (χ1v) is 10.3. The number of amides is 3. The number of carbonyl (C=O) groups excluding carboxylic acids is 2. The summed E-state index contributed by atoms with van der Waals surface area (Å²) in [6.45, 7) is 1.01. The zero-order valence-corrected chi connectivity index (χ0v) is 15.3. The van der Waals surface area contributed by atoms with E-state index in [0.717, 1.165) is 5.75 Å². The van der Waals surface area contributed by atoms with Crippen LogP contribution < -0.4 is 10.1 Å². The van der Waals surface area contributed by atoms with Crippen LogP contribution in [0.1, 0.15) is 19.3 Å². The second-order valence-corrected chi connectivity index (χ2v) is 8.47. The van der Waals surface area contributed by atoms with Crippen LogP contribution in [-0.2, 0) is 14.8 Å². The van der Waals surface area contributed by atoms with Gasteiger partial charge >= 0.3 is 6.03 Å². The van der Waals surface area contributed by atoms with E-state index in [1.54, 1.807) is 0 Å². The number of imide groups is 1. The molecule has 26 heavy (non-hydrogen) atoms. The van der Waals surface area contributed by atoms with Crippen LogP contribution >= 0.6 is 0 Å². The summed E-state index contributed by atoms with van der Waals surface area (Å²) in [5, 5.41) is 2.50. The van der Waals surface area contributed by atoms with E-state index in [1.165, 1.54) is 9.21 Å². The number of ether oxygens (including phenoxy) is 1. The van der Waals surface area contributed by atoms with E-state index >= 15 is 0 Å². The van der Waals surface area contributed by atoms with Crippen molar-refractivity contribution in [2.45, 2.75) is 25.3 Å². The first-order valence-electron chi connectivity index (χ1n) is 8.73. The number of carbonyl (C=O) groups is 2. The number of nitrogens with zero attached hydrogens (tertiary/aromatic N) is 2. The number of piperidine rings is 1. The summed E-state index contributed by atoms with van der Waals surface area (Å²) in [4.78, 5) is 24.7. The van der Waals surface area contributed by atoms with Crippen molar-refractivity contribution in [1.82, 2.24) is 14.5 Å². The average molecular weight is 381 g/mol. The minimum atomic E-state index is -3.36. The van der Waals surface area contributed by atoms with E-state index in [1.807, 2.05) is 30.3 Å². The van der Waals surface area contributed by atoms with Gasteiger partial charge in [-0.2, -0.15) is 0 Å². The highest BCUT2D eigenvalue weighted by molar-refractivity contribution is 7.89. The number of nitrogens with one attached hydrogen (secondary N) is 1. The summed E-state index contributed by atoms with van der Waals surface area (Å²) < 4.78 is 31.9. The lowest BCUT2D eigenvalue weighted by molar-refractivity contribution is -0.127. The number of hydrogen-bond donors (Lipinski definition) is 1. The molecule has 0 saturated carbocycles. The number of urea groups is 1. The zero-order chi connectivity index (χ0) is 18.6. The number of sulfonamides is 1. The third kappa shape index (κ3) is 4.34. The topological polar surface area (TPSA) is 96.0 Å². The highest BCUT2D eigenvalue weighted by Crippen LogP contribution is 2.21. The summed E-state index contributed by atoms with van der Waals surface area (Å²) >= 11 is 0. The van der Waals surface area contributed by atoms with Crippen molar-refractivity contribution in [3.63, 3.8) is 0 Å². The molecule has 3 amide bonds. The van der Waals surface area contributed by atoms with Gasteiger partial charge in [0.05, 0.1) is 18.9 Å². The second-order valence-electron chi connectivity index (χ2n) is 6.38. The molecular formula is C17H23N3O5S. The van der Waals surface area contributed by atoms with Gasteiger partial charge in [0.1, 0.15) is 5.75 Å². The quantitative estimate of drug-likeness (QED) is 0.557. The Labute approximate surface area is 153 Å². The lowest BCUT2D eigenvalue weighted by Gasteiger charge is -2.34. The second kappa shape index (κ2) is 8.05. The van der Waals surface area contributed by atoms with Crippen molar-refractivity contribution in [2.24, 2.45) is 0 Å². The molecule has 1 aromatic carbocycles. The van der Waals surface area contributed by atoms with Gasteiger partial charge in [0, 0.05) is 19.1 Å². The monoisotopic (exact) mass is 381 g/mol. The Morgan fingerprint density at radius 1 is 1.12 bits per heavy atom. The fraction of sp³-hybridized carbons (Fsp3) is 0.529. The van der Waals surface area contributed by atoms with Crippen molar-refractivity contribution in [2.75, 3.05) is 32.0 Å². The van der Waals surface area contributed by atoms with Gasteiger partial charge in [0.2, 0.25) is 15.9 Å². The molecule has 2 fully saturated rings. The fourth-order valence-electron chi connectivity index (χ4n) is 3.26. The molecule has 1 aromatic rings. The van der Waals surface area contributed by atoms with Crippen LogP contribution in [0.2, 0.25) is 0 Å². The number of para-hydroxylation sites is 1. The van der Waals surface area contributed by atoms with Crippen LogP contribution in [-0.4, -0.2) is 67.6 Å². The third-order valence-corrected chi connectivity index (χ3v) is 6.58. The Kier molecular flexibility index (Phi) is 5.77. The highest BCUT2D eigenvalue weighted by Gasteiger charge is 2.38. The third-order valence-electron chi connectivity index (χ3n) is 4.62. The molecule has 2 saturated heterocycles. The van der Waals surface area contributed by atoms with E-state index in [9.17, 15) is 18.0 Å². The van der Waals surface area contributed by atoms with Gasteiger partial charge in [-0.05, 0) is 31.4 Å². The molecule has 142 valence electrons. The molecule has 2 aliphatic rings. The summed E-state index contributed by atoms with van der Waals surface area (Å²) in [7, 11) is -3.36. The SMILES string of the molecule is O=C1CNC(=O)N1C1CCN(S(=O)(=O)CCCOc2ccccc2)CC1. The van der Waals surface area contributed by atoms with Crippen molar-refractivity contribution in [3.8, 4) is 5.75 Å². The van der Waals surface area contributed by atoms with Gasteiger partial charge in [-0.1, -0.05) is 18.2 Å². The molecule has 3 rings (SSSR count). The van der Waals surface area contributed by atoms with Gasteiger partial charge in [-0.15, -0.1) is 0 Å². The summed E-state index contributed by atoms with van der Waals surface area (Å²) in [5.74, 6) is 0.502. The lowest BCUT2D eigenvalue weighted by atomic mass is 10.1.